The van der Waals surface area contributed by atoms with Crippen LogP contribution in [-0.2, 0) is 4.79 Å². The summed E-state index contributed by atoms with van der Waals surface area (Å²) in [6, 6.07) is 0. The number of amides is 1. The maximum absolute atomic E-state index is 10.5. The number of likely N-dealkylation sites (tertiary alicyclic amines) is 1. The second-order valence-corrected chi connectivity index (χ2v) is 3.27. The van der Waals surface area contributed by atoms with E-state index in [9.17, 15) is 9.59 Å². The van der Waals surface area contributed by atoms with Gasteiger partial charge in [0.1, 0.15) is 6.29 Å². The molecule has 0 radical (unpaired) electrons. The van der Waals surface area contributed by atoms with Crippen LogP contribution in [0.1, 0.15) is 13.3 Å². The highest BCUT2D eigenvalue weighted by molar-refractivity contribution is 5.65. The predicted molar refractivity (Wildman–Crippen MR) is 42.9 cm³/mol. The van der Waals surface area contributed by atoms with E-state index >= 15 is 0 Å². The second kappa shape index (κ2) is 3.56. The fourth-order valence-electron chi connectivity index (χ4n) is 1.50. The summed E-state index contributed by atoms with van der Waals surface area (Å²) in [6.45, 7) is 2.91. The Kier molecular flexibility index (Phi) is 2.68. The van der Waals surface area contributed by atoms with Gasteiger partial charge < -0.3 is 14.8 Å². The molecule has 1 N–H and O–H groups in total. The van der Waals surface area contributed by atoms with E-state index in [1.54, 1.807) is 0 Å². The summed E-state index contributed by atoms with van der Waals surface area (Å²) in [6.07, 6.45) is 0.831. The molecule has 2 unspecified atom stereocenters. The molecule has 0 aromatic rings. The molecule has 2 atom stereocenters. The van der Waals surface area contributed by atoms with Crippen LogP contribution in [0.3, 0.4) is 0 Å². The number of aldehydes is 1. The minimum atomic E-state index is -0.879. The second-order valence-electron chi connectivity index (χ2n) is 3.27. The van der Waals surface area contributed by atoms with Crippen molar-refractivity contribution in [3.63, 3.8) is 0 Å². The average Bonchev–Trinajstić information content (AvgIpc) is 2.51. The Morgan fingerprint density at radius 3 is 2.83 bits per heavy atom. The standard InChI is InChI=1S/C8H13NO3/c1-6(5-10)7-2-3-9(4-7)8(11)12/h5-7H,2-4H2,1H3,(H,11,12). The van der Waals surface area contributed by atoms with Gasteiger partial charge in [0.05, 0.1) is 0 Å². The van der Waals surface area contributed by atoms with Crippen molar-refractivity contribution in [1.29, 1.82) is 0 Å². The Bertz CT molecular complexity index is 193. The van der Waals surface area contributed by atoms with Crippen LogP contribution in [0.15, 0.2) is 0 Å². The van der Waals surface area contributed by atoms with Crippen LogP contribution in [0, 0.1) is 11.8 Å². The number of carbonyl (C=O) groups excluding carboxylic acids is 1. The maximum Gasteiger partial charge on any atom is 0.407 e. The molecule has 1 rings (SSSR count). The lowest BCUT2D eigenvalue weighted by Crippen LogP contribution is -2.27. The third-order valence-electron chi connectivity index (χ3n) is 2.45. The van der Waals surface area contributed by atoms with E-state index in [1.807, 2.05) is 6.92 Å². The van der Waals surface area contributed by atoms with E-state index in [0.717, 1.165) is 12.7 Å². The quantitative estimate of drug-likeness (QED) is 0.626. The molecule has 0 aliphatic carbocycles. The Balaban J connectivity index is 2.45. The Hall–Kier alpha value is -1.06. The molecule has 0 spiro atoms. The van der Waals surface area contributed by atoms with Gasteiger partial charge in [-0.3, -0.25) is 0 Å². The monoisotopic (exact) mass is 171 g/mol. The van der Waals surface area contributed by atoms with Crippen LogP contribution in [0.4, 0.5) is 4.79 Å². The smallest absolute Gasteiger partial charge is 0.407 e. The van der Waals surface area contributed by atoms with E-state index in [2.05, 4.69) is 0 Å². The molecule has 1 aliphatic heterocycles. The minimum Gasteiger partial charge on any atom is -0.465 e. The minimum absolute atomic E-state index is 0.0191. The van der Waals surface area contributed by atoms with Crippen LogP contribution >= 0.6 is 0 Å². The summed E-state index contributed by atoms with van der Waals surface area (Å²) in [4.78, 5) is 22.3. The molecule has 0 aromatic heterocycles. The Morgan fingerprint density at radius 1 is 1.75 bits per heavy atom. The van der Waals surface area contributed by atoms with Gasteiger partial charge in [0, 0.05) is 19.0 Å². The first-order valence-electron chi connectivity index (χ1n) is 4.08. The molecule has 1 saturated heterocycles. The van der Waals surface area contributed by atoms with Crippen molar-refractivity contribution in [2.24, 2.45) is 11.8 Å². The van der Waals surface area contributed by atoms with E-state index < -0.39 is 6.09 Å². The van der Waals surface area contributed by atoms with Crippen molar-refractivity contribution in [2.45, 2.75) is 13.3 Å². The first kappa shape index (κ1) is 9.03. The van der Waals surface area contributed by atoms with Gasteiger partial charge in [-0.1, -0.05) is 6.92 Å². The summed E-state index contributed by atoms with van der Waals surface area (Å²) < 4.78 is 0. The molecule has 12 heavy (non-hydrogen) atoms. The summed E-state index contributed by atoms with van der Waals surface area (Å²) in [5.41, 5.74) is 0. The zero-order chi connectivity index (χ0) is 9.14. The molecule has 1 heterocycles. The van der Waals surface area contributed by atoms with Crippen LogP contribution in [0.5, 0.6) is 0 Å². The summed E-state index contributed by atoms with van der Waals surface area (Å²) in [7, 11) is 0. The largest absolute Gasteiger partial charge is 0.465 e. The van der Waals surface area contributed by atoms with Gasteiger partial charge in [0.2, 0.25) is 0 Å². The summed E-state index contributed by atoms with van der Waals surface area (Å²) in [5.74, 6) is 0.202. The molecule has 68 valence electrons. The van der Waals surface area contributed by atoms with Crippen molar-refractivity contribution in [1.82, 2.24) is 4.90 Å². The number of hydrogen-bond acceptors (Lipinski definition) is 2. The Morgan fingerprint density at radius 2 is 2.42 bits per heavy atom. The third kappa shape index (κ3) is 1.75. The fourth-order valence-corrected chi connectivity index (χ4v) is 1.50. The van der Waals surface area contributed by atoms with Gasteiger partial charge in [0.25, 0.3) is 0 Å². The van der Waals surface area contributed by atoms with Crippen molar-refractivity contribution in [3.05, 3.63) is 0 Å². The normalized spacial score (nSPS) is 25.4. The van der Waals surface area contributed by atoms with Crippen molar-refractivity contribution >= 4 is 12.4 Å². The fraction of sp³-hybridized carbons (Fsp3) is 0.750. The number of rotatable bonds is 2. The van der Waals surface area contributed by atoms with E-state index in [-0.39, 0.29) is 11.8 Å². The molecule has 0 bridgehead atoms. The first-order valence-corrected chi connectivity index (χ1v) is 4.08. The molecule has 0 aromatic carbocycles. The van der Waals surface area contributed by atoms with Gasteiger partial charge in [-0.05, 0) is 12.3 Å². The zero-order valence-corrected chi connectivity index (χ0v) is 7.06. The number of hydrogen-bond donors (Lipinski definition) is 1. The molecular weight excluding hydrogens is 158 g/mol. The molecule has 1 aliphatic rings. The molecule has 4 heteroatoms. The highest BCUT2D eigenvalue weighted by Gasteiger charge is 2.29. The van der Waals surface area contributed by atoms with Gasteiger partial charge in [-0.25, -0.2) is 4.79 Å². The zero-order valence-electron chi connectivity index (χ0n) is 7.06. The lowest BCUT2D eigenvalue weighted by atomic mass is 9.95. The number of carboxylic acid groups (broad SMARTS) is 1. The van der Waals surface area contributed by atoms with Crippen LogP contribution in [0.25, 0.3) is 0 Å². The van der Waals surface area contributed by atoms with Gasteiger partial charge >= 0.3 is 6.09 Å². The topological polar surface area (TPSA) is 57.6 Å². The van der Waals surface area contributed by atoms with Crippen molar-refractivity contribution < 1.29 is 14.7 Å². The van der Waals surface area contributed by atoms with E-state index in [0.29, 0.717) is 13.1 Å². The van der Waals surface area contributed by atoms with Gasteiger partial charge in [-0.2, -0.15) is 0 Å². The third-order valence-corrected chi connectivity index (χ3v) is 2.45. The number of carbonyl (C=O) groups is 2. The predicted octanol–water partition coefficient (Wildman–Crippen LogP) is 0.821. The molecular formula is C8H13NO3. The highest BCUT2D eigenvalue weighted by Crippen LogP contribution is 2.22. The number of nitrogens with zero attached hydrogens (tertiary/aromatic N) is 1. The molecule has 1 fully saturated rings. The molecule has 0 saturated carbocycles. The van der Waals surface area contributed by atoms with E-state index in [4.69, 9.17) is 5.11 Å². The van der Waals surface area contributed by atoms with Gasteiger partial charge in [0.15, 0.2) is 0 Å². The first-order chi connectivity index (χ1) is 5.65. The van der Waals surface area contributed by atoms with Crippen LogP contribution in [-0.4, -0.2) is 35.5 Å². The van der Waals surface area contributed by atoms with Crippen LogP contribution < -0.4 is 0 Å². The highest BCUT2D eigenvalue weighted by atomic mass is 16.4. The van der Waals surface area contributed by atoms with Crippen molar-refractivity contribution in [3.8, 4) is 0 Å². The van der Waals surface area contributed by atoms with Crippen LogP contribution in [0.2, 0.25) is 0 Å². The maximum atomic E-state index is 10.5. The van der Waals surface area contributed by atoms with E-state index in [1.165, 1.54) is 4.90 Å². The van der Waals surface area contributed by atoms with Crippen molar-refractivity contribution in [2.75, 3.05) is 13.1 Å². The average molecular weight is 171 g/mol. The van der Waals surface area contributed by atoms with Gasteiger partial charge in [-0.15, -0.1) is 0 Å². The lowest BCUT2D eigenvalue weighted by molar-refractivity contribution is -0.111. The summed E-state index contributed by atoms with van der Waals surface area (Å²) >= 11 is 0. The Labute approximate surface area is 71.2 Å². The molecule has 1 amide bonds. The SMILES string of the molecule is CC(C=O)C1CCN(C(=O)O)C1. The summed E-state index contributed by atoms with van der Waals surface area (Å²) in [5, 5.41) is 8.62. The lowest BCUT2D eigenvalue weighted by Gasteiger charge is -2.13. The molecule has 4 nitrogen and oxygen atoms in total.